The number of benzene rings is 1. The van der Waals surface area contributed by atoms with Crippen molar-refractivity contribution in [2.24, 2.45) is 5.14 Å². The van der Waals surface area contributed by atoms with Gasteiger partial charge in [0.25, 0.3) is 5.91 Å². The largest absolute Gasteiger partial charge is 0.347 e. The van der Waals surface area contributed by atoms with Crippen LogP contribution in [-0.2, 0) is 26.0 Å². The maximum Gasteiger partial charge on any atom is 0.262 e. The molecule has 0 atom stereocenters. The van der Waals surface area contributed by atoms with Gasteiger partial charge in [0.1, 0.15) is 0 Å². The van der Waals surface area contributed by atoms with E-state index < -0.39 is 21.8 Å². The molecule has 0 bridgehead atoms. The van der Waals surface area contributed by atoms with Crippen LogP contribution < -0.4 is 15.9 Å². The lowest BCUT2D eigenvalue weighted by atomic mass is 10.1. The quantitative estimate of drug-likeness (QED) is 0.385. The molecule has 0 aliphatic rings. The van der Waals surface area contributed by atoms with Crippen LogP contribution in [0.5, 0.6) is 0 Å². The molecule has 8 nitrogen and oxygen atoms in total. The van der Waals surface area contributed by atoms with Gasteiger partial charge in [-0.1, -0.05) is 12.1 Å². The minimum Gasteiger partial charge on any atom is -0.347 e. The van der Waals surface area contributed by atoms with Gasteiger partial charge in [-0.3, -0.25) is 14.8 Å². The van der Waals surface area contributed by atoms with E-state index >= 15 is 0 Å². The lowest BCUT2D eigenvalue weighted by Gasteiger charge is -2.04. The van der Waals surface area contributed by atoms with Crippen molar-refractivity contribution in [3.63, 3.8) is 0 Å². The molecule has 0 saturated heterocycles. The SMILES string of the molecule is NS(=O)(=O)c1ccc(CC(=O)NCC(=O)NO)cc1. The molecule has 2 amide bonds. The number of carbonyl (C=O) groups excluding carboxylic acids is 2. The number of carbonyl (C=O) groups is 2. The maximum absolute atomic E-state index is 11.4. The third-order valence-electron chi connectivity index (χ3n) is 2.19. The summed E-state index contributed by atoms with van der Waals surface area (Å²) in [6, 6.07) is 5.48. The number of hydrogen-bond donors (Lipinski definition) is 4. The van der Waals surface area contributed by atoms with Gasteiger partial charge >= 0.3 is 0 Å². The number of hydroxylamine groups is 1. The Morgan fingerprint density at radius 1 is 1.16 bits per heavy atom. The highest BCUT2D eigenvalue weighted by Gasteiger charge is 2.09. The van der Waals surface area contributed by atoms with Crippen molar-refractivity contribution in [1.29, 1.82) is 0 Å². The van der Waals surface area contributed by atoms with E-state index in [1.165, 1.54) is 29.7 Å². The normalized spacial score (nSPS) is 10.8. The number of nitrogens with one attached hydrogen (secondary N) is 2. The molecule has 104 valence electrons. The fourth-order valence-electron chi connectivity index (χ4n) is 1.26. The van der Waals surface area contributed by atoms with Crippen LogP contribution in [-0.4, -0.2) is 32.0 Å². The topological polar surface area (TPSA) is 139 Å². The first-order valence-corrected chi connectivity index (χ1v) is 6.69. The molecule has 0 radical (unpaired) electrons. The van der Waals surface area contributed by atoms with Crippen LogP contribution in [0.1, 0.15) is 5.56 Å². The fraction of sp³-hybridized carbons (Fsp3) is 0.200. The highest BCUT2D eigenvalue weighted by Crippen LogP contribution is 2.09. The number of amides is 2. The molecule has 0 heterocycles. The minimum atomic E-state index is -3.75. The minimum absolute atomic E-state index is 0.0242. The van der Waals surface area contributed by atoms with E-state index in [2.05, 4.69) is 5.32 Å². The van der Waals surface area contributed by atoms with Crippen LogP contribution in [0.25, 0.3) is 0 Å². The van der Waals surface area contributed by atoms with Crippen LogP contribution in [0.2, 0.25) is 0 Å². The highest BCUT2D eigenvalue weighted by atomic mass is 32.2. The Kier molecular flexibility index (Phi) is 4.98. The van der Waals surface area contributed by atoms with E-state index in [1.54, 1.807) is 0 Å². The maximum atomic E-state index is 11.4. The Labute approximate surface area is 109 Å². The molecule has 0 aliphatic carbocycles. The predicted octanol–water partition coefficient (Wildman–Crippen LogP) is -1.50. The van der Waals surface area contributed by atoms with Crippen LogP contribution in [0.3, 0.4) is 0 Å². The van der Waals surface area contributed by atoms with Gasteiger partial charge in [0, 0.05) is 0 Å². The molecule has 1 rings (SSSR count). The van der Waals surface area contributed by atoms with Crippen LogP contribution in [0, 0.1) is 0 Å². The summed E-state index contributed by atoms with van der Waals surface area (Å²) in [5.41, 5.74) is 1.94. The number of primary sulfonamides is 1. The summed E-state index contributed by atoms with van der Waals surface area (Å²) < 4.78 is 22.0. The Hall–Kier alpha value is -1.97. The first kappa shape index (κ1) is 15.1. The molecule has 5 N–H and O–H groups in total. The lowest BCUT2D eigenvalue weighted by Crippen LogP contribution is -2.36. The Balaban J connectivity index is 2.59. The monoisotopic (exact) mass is 287 g/mol. The lowest BCUT2D eigenvalue weighted by molar-refractivity contribution is -0.131. The molecule has 0 fully saturated rings. The van der Waals surface area contributed by atoms with Gasteiger partial charge in [-0.25, -0.2) is 19.0 Å². The molecule has 1 aromatic rings. The first-order chi connectivity index (χ1) is 8.82. The van der Waals surface area contributed by atoms with E-state index in [1.807, 2.05) is 0 Å². The summed E-state index contributed by atoms with van der Waals surface area (Å²) in [6.45, 7) is -0.343. The number of rotatable bonds is 5. The van der Waals surface area contributed by atoms with Crippen LogP contribution in [0.15, 0.2) is 29.2 Å². The first-order valence-electron chi connectivity index (χ1n) is 5.14. The van der Waals surface area contributed by atoms with Crippen molar-refractivity contribution in [1.82, 2.24) is 10.8 Å². The van der Waals surface area contributed by atoms with E-state index in [9.17, 15) is 18.0 Å². The number of hydrogen-bond acceptors (Lipinski definition) is 5. The molecule has 19 heavy (non-hydrogen) atoms. The number of nitrogens with two attached hydrogens (primary N) is 1. The Bertz CT molecular complexity index is 567. The van der Waals surface area contributed by atoms with Gasteiger partial charge < -0.3 is 5.32 Å². The van der Waals surface area contributed by atoms with E-state index in [0.29, 0.717) is 5.56 Å². The molecule has 0 aliphatic heterocycles. The van der Waals surface area contributed by atoms with Crippen LogP contribution >= 0.6 is 0 Å². The van der Waals surface area contributed by atoms with Gasteiger partial charge in [-0.15, -0.1) is 0 Å². The summed E-state index contributed by atoms with van der Waals surface area (Å²) in [5.74, 6) is -1.18. The van der Waals surface area contributed by atoms with Crippen molar-refractivity contribution in [2.45, 2.75) is 11.3 Å². The van der Waals surface area contributed by atoms with E-state index in [0.717, 1.165) is 0 Å². The zero-order valence-electron chi connectivity index (χ0n) is 9.79. The third kappa shape index (κ3) is 5.04. The zero-order valence-corrected chi connectivity index (χ0v) is 10.6. The highest BCUT2D eigenvalue weighted by molar-refractivity contribution is 7.89. The second-order valence-corrected chi connectivity index (χ2v) is 5.24. The van der Waals surface area contributed by atoms with Crippen molar-refractivity contribution in [2.75, 3.05) is 6.54 Å². The fourth-order valence-corrected chi connectivity index (χ4v) is 1.78. The van der Waals surface area contributed by atoms with Gasteiger partial charge in [-0.2, -0.15) is 0 Å². The molecule has 0 spiro atoms. The van der Waals surface area contributed by atoms with Gasteiger partial charge in [0.2, 0.25) is 15.9 Å². The second kappa shape index (κ2) is 6.27. The average molecular weight is 287 g/mol. The third-order valence-corrected chi connectivity index (χ3v) is 3.12. The Morgan fingerprint density at radius 2 is 1.74 bits per heavy atom. The zero-order chi connectivity index (χ0) is 14.5. The van der Waals surface area contributed by atoms with E-state index in [-0.39, 0.29) is 17.9 Å². The van der Waals surface area contributed by atoms with Gasteiger partial charge in [0.15, 0.2) is 0 Å². The molecular weight excluding hydrogens is 274 g/mol. The molecule has 0 unspecified atom stereocenters. The molecule has 0 saturated carbocycles. The summed E-state index contributed by atoms with van der Waals surface area (Å²) in [4.78, 5) is 22.0. The summed E-state index contributed by atoms with van der Waals surface area (Å²) in [7, 11) is -3.75. The summed E-state index contributed by atoms with van der Waals surface area (Å²) in [5, 5.41) is 15.4. The standard InChI is InChI=1S/C10H13N3O5S/c11-19(17,18)8-3-1-7(2-4-8)5-9(14)12-6-10(15)13-16/h1-4,16H,5-6H2,(H,12,14)(H,13,15)(H2,11,17,18). The summed E-state index contributed by atoms with van der Waals surface area (Å²) >= 11 is 0. The van der Waals surface area contributed by atoms with Crippen molar-refractivity contribution in [3.05, 3.63) is 29.8 Å². The van der Waals surface area contributed by atoms with Crippen LogP contribution in [0.4, 0.5) is 0 Å². The van der Waals surface area contributed by atoms with Crippen molar-refractivity contribution in [3.8, 4) is 0 Å². The number of sulfonamides is 1. The van der Waals surface area contributed by atoms with E-state index in [4.69, 9.17) is 10.3 Å². The molecular formula is C10H13N3O5S. The van der Waals surface area contributed by atoms with Gasteiger partial charge in [-0.05, 0) is 17.7 Å². The average Bonchev–Trinajstić information content (AvgIpc) is 2.35. The smallest absolute Gasteiger partial charge is 0.262 e. The van der Waals surface area contributed by atoms with Crippen molar-refractivity contribution >= 4 is 21.8 Å². The second-order valence-electron chi connectivity index (χ2n) is 3.68. The molecule has 9 heteroatoms. The summed E-state index contributed by atoms with van der Waals surface area (Å²) in [6.07, 6.45) is -0.0242. The van der Waals surface area contributed by atoms with Crippen molar-refractivity contribution < 1.29 is 23.2 Å². The Morgan fingerprint density at radius 3 is 2.21 bits per heavy atom. The predicted molar refractivity (Wildman–Crippen MR) is 64.5 cm³/mol. The van der Waals surface area contributed by atoms with Gasteiger partial charge in [0.05, 0.1) is 17.9 Å². The molecule has 1 aromatic carbocycles. The molecule has 0 aromatic heterocycles.